The van der Waals surface area contributed by atoms with Crippen LogP contribution in [-0.4, -0.2) is 32.6 Å². The number of nitriles is 1. The number of piperidine rings is 1. The SMILES string of the molecule is Cc1cc(C)c(C#N)c(N2CCC(c3nccn3Cc3cccnc3)CC2)n1. The predicted molar refractivity (Wildman–Crippen MR) is 108 cm³/mol. The molecule has 0 spiro atoms. The average molecular weight is 372 g/mol. The van der Waals surface area contributed by atoms with Gasteiger partial charge in [0.05, 0.1) is 12.1 Å². The Hall–Kier alpha value is -3.20. The Balaban J connectivity index is 1.49. The molecule has 142 valence electrons. The Labute approximate surface area is 165 Å². The van der Waals surface area contributed by atoms with Crippen molar-refractivity contribution in [2.45, 2.75) is 39.2 Å². The van der Waals surface area contributed by atoms with Crippen molar-refractivity contribution in [3.8, 4) is 6.07 Å². The van der Waals surface area contributed by atoms with Crippen molar-refractivity contribution in [2.75, 3.05) is 18.0 Å². The Morgan fingerprint density at radius 1 is 1.21 bits per heavy atom. The van der Waals surface area contributed by atoms with Crippen molar-refractivity contribution in [3.63, 3.8) is 0 Å². The number of rotatable bonds is 4. The van der Waals surface area contributed by atoms with E-state index in [1.54, 1.807) is 6.20 Å². The maximum Gasteiger partial charge on any atom is 0.147 e. The molecule has 0 saturated carbocycles. The summed E-state index contributed by atoms with van der Waals surface area (Å²) in [5, 5.41) is 9.56. The Bertz CT molecular complexity index is 994. The molecule has 0 aromatic carbocycles. The lowest BCUT2D eigenvalue weighted by Gasteiger charge is -2.33. The van der Waals surface area contributed by atoms with Crippen LogP contribution >= 0.6 is 0 Å². The maximum atomic E-state index is 9.56. The Kier molecular flexibility index (Phi) is 5.07. The van der Waals surface area contributed by atoms with Gasteiger partial charge in [0.2, 0.25) is 0 Å². The molecule has 3 aromatic rings. The molecule has 1 aliphatic rings. The lowest BCUT2D eigenvalue weighted by Crippen LogP contribution is -2.35. The third kappa shape index (κ3) is 3.61. The van der Waals surface area contributed by atoms with Gasteiger partial charge in [-0.25, -0.2) is 9.97 Å². The fraction of sp³-hybridized carbons (Fsp3) is 0.364. The van der Waals surface area contributed by atoms with Crippen LogP contribution in [0.5, 0.6) is 0 Å². The second kappa shape index (κ2) is 7.81. The number of hydrogen-bond acceptors (Lipinski definition) is 5. The molecule has 0 atom stereocenters. The zero-order valence-corrected chi connectivity index (χ0v) is 16.3. The first kappa shape index (κ1) is 18.2. The van der Waals surface area contributed by atoms with E-state index in [0.717, 1.165) is 55.4 Å². The zero-order valence-electron chi connectivity index (χ0n) is 16.3. The van der Waals surface area contributed by atoms with Gasteiger partial charge in [-0.1, -0.05) is 6.07 Å². The van der Waals surface area contributed by atoms with Crippen molar-refractivity contribution in [3.05, 3.63) is 71.2 Å². The van der Waals surface area contributed by atoms with Gasteiger partial charge < -0.3 is 9.47 Å². The highest BCUT2D eigenvalue weighted by Gasteiger charge is 2.26. The van der Waals surface area contributed by atoms with Crippen LogP contribution < -0.4 is 4.90 Å². The smallest absolute Gasteiger partial charge is 0.147 e. The minimum Gasteiger partial charge on any atom is -0.355 e. The van der Waals surface area contributed by atoms with E-state index in [9.17, 15) is 5.26 Å². The number of hydrogen-bond donors (Lipinski definition) is 0. The van der Waals surface area contributed by atoms with Crippen molar-refractivity contribution in [1.29, 1.82) is 5.26 Å². The summed E-state index contributed by atoms with van der Waals surface area (Å²) >= 11 is 0. The summed E-state index contributed by atoms with van der Waals surface area (Å²) in [6.45, 7) is 6.53. The molecule has 0 bridgehead atoms. The molecular formula is C22H24N6. The van der Waals surface area contributed by atoms with Crippen LogP contribution in [0.2, 0.25) is 0 Å². The van der Waals surface area contributed by atoms with E-state index in [1.165, 1.54) is 5.56 Å². The largest absolute Gasteiger partial charge is 0.355 e. The van der Waals surface area contributed by atoms with E-state index in [-0.39, 0.29) is 0 Å². The van der Waals surface area contributed by atoms with Crippen LogP contribution in [0.4, 0.5) is 5.82 Å². The second-order valence-corrected chi connectivity index (χ2v) is 7.43. The average Bonchev–Trinajstić information content (AvgIpc) is 3.16. The van der Waals surface area contributed by atoms with Crippen molar-refractivity contribution in [2.24, 2.45) is 0 Å². The third-order valence-electron chi connectivity index (χ3n) is 5.42. The van der Waals surface area contributed by atoms with E-state index in [4.69, 9.17) is 0 Å². The number of aryl methyl sites for hydroxylation is 2. The lowest BCUT2D eigenvalue weighted by atomic mass is 9.95. The molecule has 1 fully saturated rings. The van der Waals surface area contributed by atoms with Crippen LogP contribution in [0.25, 0.3) is 0 Å². The van der Waals surface area contributed by atoms with Gasteiger partial charge in [0.1, 0.15) is 17.7 Å². The molecule has 3 aromatic heterocycles. The van der Waals surface area contributed by atoms with Gasteiger partial charge in [-0.2, -0.15) is 5.26 Å². The van der Waals surface area contributed by atoms with Crippen LogP contribution in [0.3, 0.4) is 0 Å². The lowest BCUT2D eigenvalue weighted by molar-refractivity contribution is 0.468. The fourth-order valence-corrected chi connectivity index (χ4v) is 4.04. The van der Waals surface area contributed by atoms with Crippen LogP contribution in [0.1, 0.15) is 47.0 Å². The van der Waals surface area contributed by atoms with Crippen molar-refractivity contribution < 1.29 is 0 Å². The van der Waals surface area contributed by atoms with Crippen molar-refractivity contribution in [1.82, 2.24) is 19.5 Å². The van der Waals surface area contributed by atoms with Gasteiger partial charge in [-0.15, -0.1) is 0 Å². The summed E-state index contributed by atoms with van der Waals surface area (Å²) in [6, 6.07) is 8.37. The van der Waals surface area contributed by atoms with Gasteiger partial charge >= 0.3 is 0 Å². The number of nitrogens with zero attached hydrogens (tertiary/aromatic N) is 6. The molecule has 0 radical (unpaired) electrons. The van der Waals surface area contributed by atoms with E-state index >= 15 is 0 Å². The molecule has 0 N–H and O–H groups in total. The van der Waals surface area contributed by atoms with Gasteiger partial charge in [0.25, 0.3) is 0 Å². The highest BCUT2D eigenvalue weighted by molar-refractivity contribution is 5.58. The molecule has 4 rings (SSSR count). The third-order valence-corrected chi connectivity index (χ3v) is 5.42. The maximum absolute atomic E-state index is 9.56. The first-order valence-corrected chi connectivity index (χ1v) is 9.69. The molecule has 28 heavy (non-hydrogen) atoms. The predicted octanol–water partition coefficient (Wildman–Crippen LogP) is 3.59. The van der Waals surface area contributed by atoms with Gasteiger partial charge in [0.15, 0.2) is 0 Å². The summed E-state index contributed by atoms with van der Waals surface area (Å²) in [6.07, 6.45) is 9.64. The van der Waals surface area contributed by atoms with Crippen molar-refractivity contribution >= 4 is 5.82 Å². The van der Waals surface area contributed by atoms with Gasteiger partial charge in [0, 0.05) is 49.5 Å². The molecule has 0 amide bonds. The van der Waals surface area contributed by atoms with Crippen LogP contribution in [-0.2, 0) is 6.54 Å². The Morgan fingerprint density at radius 3 is 2.75 bits per heavy atom. The van der Waals surface area contributed by atoms with E-state index < -0.39 is 0 Å². The molecule has 0 aliphatic carbocycles. The second-order valence-electron chi connectivity index (χ2n) is 7.43. The van der Waals surface area contributed by atoms with Crippen LogP contribution in [0.15, 0.2) is 43.0 Å². The summed E-state index contributed by atoms with van der Waals surface area (Å²) < 4.78 is 2.23. The zero-order chi connectivity index (χ0) is 19.5. The van der Waals surface area contributed by atoms with E-state index in [2.05, 4.69) is 36.6 Å². The topological polar surface area (TPSA) is 70.6 Å². The normalized spacial score (nSPS) is 14.8. The molecule has 6 heteroatoms. The number of anilines is 1. The molecule has 4 heterocycles. The van der Waals surface area contributed by atoms with E-state index in [0.29, 0.717) is 11.5 Å². The minimum absolute atomic E-state index is 0.416. The highest BCUT2D eigenvalue weighted by atomic mass is 15.2. The number of imidazole rings is 1. The number of aromatic nitrogens is 4. The minimum atomic E-state index is 0.416. The summed E-state index contributed by atoms with van der Waals surface area (Å²) in [5.74, 6) is 2.38. The van der Waals surface area contributed by atoms with Gasteiger partial charge in [-0.3, -0.25) is 4.98 Å². The first-order chi connectivity index (χ1) is 13.7. The summed E-state index contributed by atoms with van der Waals surface area (Å²) in [7, 11) is 0. The summed E-state index contributed by atoms with van der Waals surface area (Å²) in [4.78, 5) is 15.8. The molecule has 1 saturated heterocycles. The van der Waals surface area contributed by atoms with Crippen LogP contribution in [0, 0.1) is 25.2 Å². The molecular weight excluding hydrogens is 348 g/mol. The molecule has 6 nitrogen and oxygen atoms in total. The van der Waals surface area contributed by atoms with Gasteiger partial charge in [-0.05, 0) is 49.9 Å². The Morgan fingerprint density at radius 2 is 2.04 bits per heavy atom. The molecule has 0 unspecified atom stereocenters. The quantitative estimate of drug-likeness (QED) is 0.700. The highest BCUT2D eigenvalue weighted by Crippen LogP contribution is 2.31. The van der Waals surface area contributed by atoms with E-state index in [1.807, 2.05) is 44.6 Å². The first-order valence-electron chi connectivity index (χ1n) is 9.69. The summed E-state index contributed by atoms with van der Waals surface area (Å²) in [5.41, 5.74) is 3.83. The monoisotopic (exact) mass is 372 g/mol. The fourth-order valence-electron chi connectivity index (χ4n) is 4.04. The standard InChI is InChI=1S/C22H24N6/c1-16-12-17(2)26-22(20(16)13-23)27-9-5-19(6-10-27)21-25-8-11-28(21)15-18-4-3-7-24-14-18/h3-4,7-8,11-12,14,19H,5-6,9-10,15H2,1-2H3. The number of pyridine rings is 2. The molecule has 1 aliphatic heterocycles.